The maximum Gasteiger partial charge on any atom is 0.270 e. The van der Waals surface area contributed by atoms with Crippen molar-refractivity contribution in [2.24, 2.45) is 5.92 Å². The lowest BCUT2D eigenvalue weighted by atomic mass is 10.1. The number of aliphatic hydroxyl groups excluding tert-OH is 1. The molecule has 0 bridgehead atoms. The van der Waals surface area contributed by atoms with E-state index in [4.69, 9.17) is 0 Å². The molecule has 0 spiro atoms. The molecule has 5 heteroatoms. The van der Waals surface area contributed by atoms with Gasteiger partial charge in [0.15, 0.2) is 0 Å². The third kappa shape index (κ3) is 3.45. The zero-order valence-corrected chi connectivity index (χ0v) is 13.6. The lowest BCUT2D eigenvalue weighted by molar-refractivity contribution is 0.0889. The smallest absolute Gasteiger partial charge is 0.270 e. The quantitative estimate of drug-likeness (QED) is 0.861. The minimum atomic E-state index is -0.258. The van der Waals surface area contributed by atoms with Crippen LogP contribution in [0.4, 0.5) is 0 Å². The topological polar surface area (TPSA) is 67.2 Å². The number of amides is 1. The maximum absolute atomic E-state index is 12.7. The Bertz CT molecular complexity index is 675. The van der Waals surface area contributed by atoms with Gasteiger partial charge in [-0.2, -0.15) is 5.10 Å². The van der Waals surface area contributed by atoms with Gasteiger partial charge in [0, 0.05) is 5.92 Å². The summed E-state index contributed by atoms with van der Waals surface area (Å²) in [5.41, 5.74) is 2.37. The van der Waals surface area contributed by atoms with Crippen LogP contribution in [0.5, 0.6) is 0 Å². The van der Waals surface area contributed by atoms with Crippen molar-refractivity contribution in [3.63, 3.8) is 0 Å². The second-order valence-electron chi connectivity index (χ2n) is 6.48. The Hall–Kier alpha value is -2.14. The van der Waals surface area contributed by atoms with E-state index in [2.05, 4.69) is 10.4 Å². The van der Waals surface area contributed by atoms with Crippen molar-refractivity contribution in [1.29, 1.82) is 0 Å². The van der Waals surface area contributed by atoms with Crippen LogP contribution < -0.4 is 5.32 Å². The Labute approximate surface area is 136 Å². The largest absolute Gasteiger partial charge is 0.394 e. The number of rotatable bonds is 6. The van der Waals surface area contributed by atoms with Gasteiger partial charge in [-0.1, -0.05) is 32.0 Å². The van der Waals surface area contributed by atoms with Gasteiger partial charge in [0.2, 0.25) is 0 Å². The monoisotopic (exact) mass is 313 g/mol. The standard InChI is InChI=1S/C18H23N3O2/c1-12(2)16(11-22)19-18(23)17-10-15(13-8-9-13)20-21(17)14-6-4-3-5-7-14/h3-7,10,12-13,16,22H,8-9,11H2,1-2H3,(H,19,23)/t16-/m1/s1. The highest BCUT2D eigenvalue weighted by atomic mass is 16.3. The Morgan fingerprint density at radius 3 is 2.61 bits per heavy atom. The van der Waals surface area contributed by atoms with Crippen LogP contribution in [0.2, 0.25) is 0 Å². The highest BCUT2D eigenvalue weighted by Gasteiger charge is 2.29. The van der Waals surface area contributed by atoms with E-state index in [1.165, 1.54) is 0 Å². The van der Waals surface area contributed by atoms with E-state index in [0.717, 1.165) is 24.2 Å². The molecule has 1 heterocycles. The molecule has 23 heavy (non-hydrogen) atoms. The molecule has 1 aromatic heterocycles. The number of hydrogen-bond donors (Lipinski definition) is 2. The Morgan fingerprint density at radius 2 is 2.04 bits per heavy atom. The molecule has 0 radical (unpaired) electrons. The number of nitrogens with one attached hydrogen (secondary N) is 1. The zero-order valence-electron chi connectivity index (χ0n) is 13.6. The first-order valence-electron chi connectivity index (χ1n) is 8.17. The molecule has 2 N–H and O–H groups in total. The van der Waals surface area contributed by atoms with Crippen LogP contribution in [0, 0.1) is 5.92 Å². The molecular formula is C18H23N3O2. The van der Waals surface area contributed by atoms with Crippen LogP contribution >= 0.6 is 0 Å². The fourth-order valence-electron chi connectivity index (χ4n) is 2.57. The lowest BCUT2D eigenvalue weighted by Crippen LogP contribution is -2.41. The number of benzene rings is 1. The first kappa shape index (κ1) is 15.7. The van der Waals surface area contributed by atoms with Crippen molar-refractivity contribution in [2.45, 2.75) is 38.6 Å². The van der Waals surface area contributed by atoms with Crippen LogP contribution in [-0.4, -0.2) is 33.4 Å². The van der Waals surface area contributed by atoms with Gasteiger partial charge in [-0.3, -0.25) is 4.79 Å². The van der Waals surface area contributed by atoms with E-state index >= 15 is 0 Å². The first-order chi connectivity index (χ1) is 11.1. The number of para-hydroxylation sites is 1. The number of hydrogen-bond acceptors (Lipinski definition) is 3. The Kier molecular flexibility index (Phi) is 4.48. The molecule has 1 amide bonds. The van der Waals surface area contributed by atoms with E-state index in [1.807, 2.05) is 50.2 Å². The van der Waals surface area contributed by atoms with Crippen LogP contribution in [-0.2, 0) is 0 Å². The number of carbonyl (C=O) groups excluding carboxylic acids is 1. The van der Waals surface area contributed by atoms with Crippen molar-refractivity contribution in [2.75, 3.05) is 6.61 Å². The van der Waals surface area contributed by atoms with E-state index in [0.29, 0.717) is 11.6 Å². The van der Waals surface area contributed by atoms with Crippen LogP contribution in [0.1, 0.15) is 48.8 Å². The molecule has 2 aromatic rings. The summed E-state index contributed by atoms with van der Waals surface area (Å²) in [7, 11) is 0. The summed E-state index contributed by atoms with van der Waals surface area (Å²) in [6.07, 6.45) is 2.27. The predicted octanol–water partition coefficient (Wildman–Crippen LogP) is 2.50. The molecule has 1 saturated carbocycles. The minimum absolute atomic E-state index is 0.0711. The molecule has 1 aromatic carbocycles. The minimum Gasteiger partial charge on any atom is -0.394 e. The van der Waals surface area contributed by atoms with Gasteiger partial charge in [0.25, 0.3) is 5.91 Å². The molecule has 1 fully saturated rings. The van der Waals surface area contributed by atoms with Crippen LogP contribution in [0.25, 0.3) is 5.69 Å². The summed E-state index contributed by atoms with van der Waals surface area (Å²) in [4.78, 5) is 12.7. The summed E-state index contributed by atoms with van der Waals surface area (Å²) in [6, 6.07) is 11.3. The van der Waals surface area contributed by atoms with Crippen LogP contribution in [0.15, 0.2) is 36.4 Å². The summed E-state index contributed by atoms with van der Waals surface area (Å²) in [5.74, 6) is 0.450. The molecule has 0 aliphatic heterocycles. The van der Waals surface area contributed by atoms with Gasteiger partial charge >= 0.3 is 0 Å². The van der Waals surface area contributed by atoms with E-state index < -0.39 is 0 Å². The predicted molar refractivity (Wildman–Crippen MR) is 88.7 cm³/mol. The number of aliphatic hydroxyl groups is 1. The summed E-state index contributed by atoms with van der Waals surface area (Å²) in [6.45, 7) is 3.88. The fourth-order valence-corrected chi connectivity index (χ4v) is 2.57. The first-order valence-corrected chi connectivity index (χ1v) is 8.17. The highest BCUT2D eigenvalue weighted by molar-refractivity contribution is 5.93. The summed E-state index contributed by atoms with van der Waals surface area (Å²) < 4.78 is 1.71. The number of carbonyl (C=O) groups is 1. The number of nitrogens with zero attached hydrogens (tertiary/aromatic N) is 2. The van der Waals surface area contributed by atoms with Gasteiger partial charge in [-0.15, -0.1) is 0 Å². The molecule has 0 unspecified atom stereocenters. The van der Waals surface area contributed by atoms with Gasteiger partial charge in [-0.05, 0) is 37.0 Å². The molecule has 3 rings (SSSR count). The average Bonchev–Trinajstić information content (AvgIpc) is 3.31. The normalized spacial score (nSPS) is 15.7. The second kappa shape index (κ2) is 6.54. The molecule has 1 aliphatic carbocycles. The third-order valence-corrected chi connectivity index (χ3v) is 4.28. The fraction of sp³-hybridized carbons (Fsp3) is 0.444. The summed E-state index contributed by atoms with van der Waals surface area (Å²) in [5, 5.41) is 17.0. The van der Waals surface area contributed by atoms with Crippen molar-refractivity contribution in [1.82, 2.24) is 15.1 Å². The van der Waals surface area contributed by atoms with E-state index in [9.17, 15) is 9.90 Å². The number of aromatic nitrogens is 2. The van der Waals surface area contributed by atoms with Gasteiger partial charge in [-0.25, -0.2) is 4.68 Å². The van der Waals surface area contributed by atoms with Gasteiger partial charge in [0.05, 0.1) is 24.0 Å². The van der Waals surface area contributed by atoms with Gasteiger partial charge in [0.1, 0.15) is 5.69 Å². The lowest BCUT2D eigenvalue weighted by Gasteiger charge is -2.20. The third-order valence-electron chi connectivity index (χ3n) is 4.28. The SMILES string of the molecule is CC(C)[C@@H](CO)NC(=O)c1cc(C2CC2)nn1-c1ccccc1. The van der Waals surface area contributed by atoms with Crippen molar-refractivity contribution < 1.29 is 9.90 Å². The van der Waals surface area contributed by atoms with Crippen molar-refractivity contribution in [3.8, 4) is 5.69 Å². The maximum atomic E-state index is 12.7. The molecule has 1 atom stereocenters. The van der Waals surface area contributed by atoms with E-state index in [-0.39, 0.29) is 24.5 Å². The van der Waals surface area contributed by atoms with Gasteiger partial charge < -0.3 is 10.4 Å². The van der Waals surface area contributed by atoms with Crippen LogP contribution in [0.3, 0.4) is 0 Å². The molecule has 1 aliphatic rings. The van der Waals surface area contributed by atoms with Crippen molar-refractivity contribution >= 4 is 5.91 Å². The van der Waals surface area contributed by atoms with E-state index in [1.54, 1.807) is 4.68 Å². The Balaban J connectivity index is 1.92. The molecule has 122 valence electrons. The second-order valence-corrected chi connectivity index (χ2v) is 6.48. The Morgan fingerprint density at radius 1 is 1.35 bits per heavy atom. The molecule has 0 saturated heterocycles. The average molecular weight is 313 g/mol. The van der Waals surface area contributed by atoms with Crippen molar-refractivity contribution in [3.05, 3.63) is 47.8 Å². The molecular weight excluding hydrogens is 290 g/mol. The summed E-state index contributed by atoms with van der Waals surface area (Å²) >= 11 is 0. The molecule has 5 nitrogen and oxygen atoms in total. The zero-order chi connectivity index (χ0) is 16.4. The highest BCUT2D eigenvalue weighted by Crippen LogP contribution is 2.39.